The van der Waals surface area contributed by atoms with E-state index < -0.39 is 5.41 Å². The molecule has 2 aromatic carbocycles. The fourth-order valence-electron chi connectivity index (χ4n) is 5.21. The summed E-state index contributed by atoms with van der Waals surface area (Å²) in [4.78, 5) is 16.6. The van der Waals surface area contributed by atoms with Crippen molar-refractivity contribution in [3.63, 3.8) is 0 Å². The van der Waals surface area contributed by atoms with Crippen molar-refractivity contribution in [2.75, 3.05) is 25.9 Å². The summed E-state index contributed by atoms with van der Waals surface area (Å²) in [6.45, 7) is 2.38. The van der Waals surface area contributed by atoms with Gasteiger partial charge in [-0.05, 0) is 74.5 Å². The van der Waals surface area contributed by atoms with E-state index in [1.807, 2.05) is 17.8 Å². The summed E-state index contributed by atoms with van der Waals surface area (Å²) in [5, 5.41) is 0. The first-order valence-corrected chi connectivity index (χ1v) is 12.4. The van der Waals surface area contributed by atoms with E-state index in [0.29, 0.717) is 0 Å². The molecule has 1 saturated carbocycles. The molecule has 0 unspecified atom stereocenters. The molecule has 4 heteroatoms. The van der Waals surface area contributed by atoms with Crippen LogP contribution in [0.1, 0.15) is 50.5 Å². The van der Waals surface area contributed by atoms with E-state index in [1.165, 1.54) is 53.9 Å². The molecule has 1 saturated heterocycles. The molecule has 1 aliphatic heterocycles. The monoisotopic (exact) mass is 422 g/mol. The predicted octanol–water partition coefficient (Wildman–Crippen LogP) is 5.47. The van der Waals surface area contributed by atoms with Crippen LogP contribution in [0.25, 0.3) is 11.1 Å². The quantitative estimate of drug-likeness (QED) is 0.628. The van der Waals surface area contributed by atoms with Crippen LogP contribution in [0.4, 0.5) is 0 Å². The molecule has 2 fully saturated rings. The Morgan fingerprint density at radius 2 is 1.73 bits per heavy atom. The average molecular weight is 423 g/mol. The Hall–Kier alpha value is -1.78. The number of hydrogen-bond acceptors (Lipinski definition) is 3. The van der Waals surface area contributed by atoms with Gasteiger partial charge in [-0.1, -0.05) is 61.7 Å². The summed E-state index contributed by atoms with van der Waals surface area (Å²) in [5.74, 6) is 1.72. The van der Waals surface area contributed by atoms with Gasteiger partial charge in [0.05, 0.1) is 5.41 Å². The van der Waals surface area contributed by atoms with Gasteiger partial charge < -0.3 is 10.6 Å². The summed E-state index contributed by atoms with van der Waals surface area (Å²) < 4.78 is 0. The molecule has 1 heterocycles. The van der Waals surface area contributed by atoms with Crippen LogP contribution < -0.4 is 5.73 Å². The number of nitrogens with zero attached hydrogens (tertiary/aromatic N) is 1. The second kappa shape index (κ2) is 9.57. The van der Waals surface area contributed by atoms with Crippen LogP contribution in [0.5, 0.6) is 0 Å². The molecule has 0 spiro atoms. The van der Waals surface area contributed by atoms with Gasteiger partial charge in [-0.25, -0.2) is 0 Å². The highest BCUT2D eigenvalue weighted by atomic mass is 32.2. The molecular formula is C26H34N2OS. The Bertz CT molecular complexity index is 853. The second-order valence-corrected chi connectivity index (χ2v) is 10.2. The molecule has 0 bridgehead atoms. The highest BCUT2D eigenvalue weighted by molar-refractivity contribution is 7.99. The van der Waals surface area contributed by atoms with Gasteiger partial charge in [-0.2, -0.15) is 0 Å². The maximum Gasteiger partial charge on any atom is 0.228 e. The number of piperidine rings is 1. The highest BCUT2D eigenvalue weighted by Crippen LogP contribution is 2.47. The van der Waals surface area contributed by atoms with Crippen molar-refractivity contribution >= 4 is 17.7 Å². The van der Waals surface area contributed by atoms with Crippen molar-refractivity contribution in [3.8, 4) is 11.1 Å². The van der Waals surface area contributed by atoms with E-state index in [-0.39, 0.29) is 5.91 Å². The molecule has 2 aromatic rings. The van der Waals surface area contributed by atoms with E-state index in [4.69, 9.17) is 5.73 Å². The van der Waals surface area contributed by atoms with Crippen molar-refractivity contribution in [2.24, 2.45) is 11.7 Å². The molecule has 1 amide bonds. The van der Waals surface area contributed by atoms with Gasteiger partial charge in [0, 0.05) is 10.6 Å². The van der Waals surface area contributed by atoms with Crippen molar-refractivity contribution in [3.05, 3.63) is 54.1 Å². The fourth-order valence-corrected chi connectivity index (χ4v) is 6.59. The maximum atomic E-state index is 13.0. The fraction of sp³-hybridized carbons (Fsp3) is 0.500. The molecule has 0 aromatic heterocycles. The Morgan fingerprint density at radius 1 is 1.03 bits per heavy atom. The largest absolute Gasteiger partial charge is 0.369 e. The first-order chi connectivity index (χ1) is 14.6. The lowest BCUT2D eigenvalue weighted by atomic mass is 9.67. The SMILES string of the molecule is CN1CCC(CSc2cccc(-c3ccccc3)c2C2(C(N)=O)CCCCC2)CC1. The third-order valence-corrected chi connectivity index (χ3v) is 8.37. The van der Waals surface area contributed by atoms with Crippen LogP contribution in [0.2, 0.25) is 0 Å². The zero-order valence-electron chi connectivity index (χ0n) is 18.1. The molecule has 2 aliphatic rings. The third kappa shape index (κ3) is 4.45. The van der Waals surface area contributed by atoms with Gasteiger partial charge >= 0.3 is 0 Å². The van der Waals surface area contributed by atoms with Crippen LogP contribution >= 0.6 is 11.8 Å². The number of hydrogen-bond donors (Lipinski definition) is 1. The van der Waals surface area contributed by atoms with Gasteiger partial charge in [-0.3, -0.25) is 4.79 Å². The molecule has 2 N–H and O–H groups in total. The molecule has 0 radical (unpaired) electrons. The third-order valence-electron chi connectivity index (χ3n) is 7.08. The first kappa shape index (κ1) is 21.5. The number of benzene rings is 2. The summed E-state index contributed by atoms with van der Waals surface area (Å²) in [7, 11) is 2.21. The van der Waals surface area contributed by atoms with E-state index in [1.54, 1.807) is 0 Å². The molecular weight excluding hydrogens is 388 g/mol. The summed E-state index contributed by atoms with van der Waals surface area (Å²) >= 11 is 1.95. The molecule has 0 atom stereocenters. The normalized spacial score (nSPS) is 20.2. The standard InChI is InChI=1S/C26H34N2OS/c1-28-17-13-20(14-18-28)19-30-23-12-8-11-22(21-9-4-2-5-10-21)24(23)26(25(27)29)15-6-3-7-16-26/h2,4-5,8-12,20H,3,6-7,13-19H2,1H3,(H2,27,29). The minimum absolute atomic E-state index is 0.147. The number of carbonyl (C=O) groups is 1. The van der Waals surface area contributed by atoms with Gasteiger partial charge in [0.15, 0.2) is 0 Å². The predicted molar refractivity (Wildman–Crippen MR) is 127 cm³/mol. The van der Waals surface area contributed by atoms with Crippen molar-refractivity contribution in [2.45, 2.75) is 55.3 Å². The highest BCUT2D eigenvalue weighted by Gasteiger charge is 2.42. The lowest BCUT2D eigenvalue weighted by molar-refractivity contribution is -0.124. The smallest absolute Gasteiger partial charge is 0.228 e. The minimum Gasteiger partial charge on any atom is -0.369 e. The van der Waals surface area contributed by atoms with Crippen LogP contribution in [-0.4, -0.2) is 36.7 Å². The van der Waals surface area contributed by atoms with Gasteiger partial charge in [0.25, 0.3) is 0 Å². The molecule has 160 valence electrons. The molecule has 3 nitrogen and oxygen atoms in total. The number of amides is 1. The number of carbonyl (C=O) groups excluding carboxylic acids is 1. The lowest BCUT2D eigenvalue weighted by Crippen LogP contribution is -2.43. The van der Waals surface area contributed by atoms with Gasteiger partial charge in [0.1, 0.15) is 0 Å². The first-order valence-electron chi connectivity index (χ1n) is 11.4. The Kier molecular flexibility index (Phi) is 6.84. The van der Waals surface area contributed by atoms with Crippen LogP contribution in [0, 0.1) is 5.92 Å². The van der Waals surface area contributed by atoms with Crippen molar-refractivity contribution in [1.82, 2.24) is 4.90 Å². The summed E-state index contributed by atoms with van der Waals surface area (Å²) in [6, 6.07) is 17.1. The van der Waals surface area contributed by atoms with Crippen LogP contribution in [0.3, 0.4) is 0 Å². The van der Waals surface area contributed by atoms with E-state index in [0.717, 1.165) is 37.4 Å². The average Bonchev–Trinajstić information content (AvgIpc) is 2.79. The van der Waals surface area contributed by atoms with Crippen LogP contribution in [-0.2, 0) is 10.2 Å². The zero-order valence-corrected chi connectivity index (χ0v) is 18.9. The van der Waals surface area contributed by atoms with Gasteiger partial charge in [-0.15, -0.1) is 11.8 Å². The molecule has 1 aliphatic carbocycles. The van der Waals surface area contributed by atoms with Crippen LogP contribution in [0.15, 0.2) is 53.4 Å². The van der Waals surface area contributed by atoms with Crippen molar-refractivity contribution < 1.29 is 4.79 Å². The maximum absolute atomic E-state index is 13.0. The van der Waals surface area contributed by atoms with E-state index in [2.05, 4.69) is 54.4 Å². The van der Waals surface area contributed by atoms with Gasteiger partial charge in [0.2, 0.25) is 5.91 Å². The molecule has 30 heavy (non-hydrogen) atoms. The number of primary amides is 1. The lowest BCUT2D eigenvalue weighted by Gasteiger charge is -2.38. The molecule has 4 rings (SSSR count). The number of thioether (sulfide) groups is 1. The number of nitrogens with two attached hydrogens (primary N) is 1. The topological polar surface area (TPSA) is 46.3 Å². The van der Waals surface area contributed by atoms with E-state index >= 15 is 0 Å². The Labute approximate surface area is 185 Å². The zero-order chi connectivity index (χ0) is 21.0. The Morgan fingerprint density at radius 3 is 2.40 bits per heavy atom. The second-order valence-electron chi connectivity index (χ2n) is 9.11. The van der Waals surface area contributed by atoms with E-state index in [9.17, 15) is 4.79 Å². The Balaban J connectivity index is 1.73. The summed E-state index contributed by atoms with van der Waals surface area (Å²) in [5.41, 5.74) is 9.17. The minimum atomic E-state index is -0.542. The van der Waals surface area contributed by atoms with Crippen molar-refractivity contribution in [1.29, 1.82) is 0 Å². The number of likely N-dealkylation sites (tertiary alicyclic amines) is 1. The summed E-state index contributed by atoms with van der Waals surface area (Å²) in [6.07, 6.45) is 7.61. The number of rotatable bonds is 6.